The monoisotopic (exact) mass is 325 g/mol. The molecule has 1 amide bonds. The van der Waals surface area contributed by atoms with Gasteiger partial charge in [-0.2, -0.15) is 0 Å². The Kier molecular flexibility index (Phi) is 5.16. The fraction of sp³-hybridized carbons (Fsp3) is 0.350. The molecule has 2 aromatic rings. The number of methoxy groups -OCH3 is 1. The first-order valence-corrected chi connectivity index (χ1v) is 8.37. The molecule has 0 saturated heterocycles. The predicted molar refractivity (Wildman–Crippen MR) is 93.1 cm³/mol. The van der Waals surface area contributed by atoms with Crippen molar-refractivity contribution in [2.45, 2.75) is 38.8 Å². The van der Waals surface area contributed by atoms with Crippen LogP contribution in [0.2, 0.25) is 0 Å². The fourth-order valence-corrected chi connectivity index (χ4v) is 3.25. The zero-order chi connectivity index (χ0) is 16.9. The van der Waals surface area contributed by atoms with Crippen molar-refractivity contribution in [3.05, 3.63) is 64.2 Å². The van der Waals surface area contributed by atoms with Crippen molar-refractivity contribution in [3.63, 3.8) is 0 Å². The molecule has 0 heterocycles. The number of hydrogen-bond donors (Lipinski definition) is 2. The summed E-state index contributed by atoms with van der Waals surface area (Å²) in [5.74, 6) is -0.175. The number of carbonyl (C=O) groups excluding carboxylic acids is 1. The molecule has 4 nitrogen and oxygen atoms in total. The summed E-state index contributed by atoms with van der Waals surface area (Å²) in [6.45, 7) is 0.922. The molecule has 2 N–H and O–H groups in total. The van der Waals surface area contributed by atoms with E-state index in [1.165, 1.54) is 11.1 Å². The lowest BCUT2D eigenvalue weighted by molar-refractivity contribution is 0.0947. The smallest absolute Gasteiger partial charge is 0.255 e. The van der Waals surface area contributed by atoms with Gasteiger partial charge in [-0.1, -0.05) is 24.3 Å². The molecular formula is C20H23NO3. The van der Waals surface area contributed by atoms with Crippen LogP contribution >= 0.6 is 0 Å². The topological polar surface area (TPSA) is 58.6 Å². The highest BCUT2D eigenvalue weighted by Gasteiger charge is 2.17. The molecule has 0 bridgehead atoms. The largest absolute Gasteiger partial charge is 0.507 e. The second kappa shape index (κ2) is 7.49. The molecule has 1 aliphatic rings. The minimum Gasteiger partial charge on any atom is -0.507 e. The van der Waals surface area contributed by atoms with Crippen molar-refractivity contribution in [1.29, 1.82) is 0 Å². The standard InChI is InChI=1S/C20H23NO3/c1-24-13-17-9-5-4-8-16(17)12-21-20(23)18-10-14-6-2-3-7-15(14)11-19(18)22/h4-5,8-11,22H,2-3,6-7,12-13H2,1H3,(H,21,23). The summed E-state index contributed by atoms with van der Waals surface area (Å²) in [6, 6.07) is 11.5. The van der Waals surface area contributed by atoms with Gasteiger partial charge in [0.1, 0.15) is 5.75 Å². The van der Waals surface area contributed by atoms with Crippen molar-refractivity contribution >= 4 is 5.91 Å². The third-order valence-corrected chi connectivity index (χ3v) is 4.56. The first-order valence-electron chi connectivity index (χ1n) is 8.37. The number of aromatic hydroxyl groups is 1. The summed E-state index contributed by atoms with van der Waals surface area (Å²) >= 11 is 0. The third-order valence-electron chi connectivity index (χ3n) is 4.56. The van der Waals surface area contributed by atoms with E-state index in [1.54, 1.807) is 13.2 Å². The van der Waals surface area contributed by atoms with Crippen LogP contribution in [0.15, 0.2) is 36.4 Å². The van der Waals surface area contributed by atoms with Crippen LogP contribution in [-0.2, 0) is 30.7 Å². The summed E-state index contributed by atoms with van der Waals surface area (Å²) in [4.78, 5) is 12.5. The van der Waals surface area contributed by atoms with Gasteiger partial charge in [-0.15, -0.1) is 0 Å². The van der Waals surface area contributed by atoms with E-state index in [0.29, 0.717) is 18.7 Å². The van der Waals surface area contributed by atoms with Crippen LogP contribution in [-0.4, -0.2) is 18.1 Å². The predicted octanol–water partition coefficient (Wildman–Crippen LogP) is 3.35. The van der Waals surface area contributed by atoms with Crippen molar-refractivity contribution in [3.8, 4) is 5.75 Å². The summed E-state index contributed by atoms with van der Waals surface area (Å²) in [6.07, 6.45) is 4.25. The van der Waals surface area contributed by atoms with Gasteiger partial charge < -0.3 is 15.2 Å². The second-order valence-electron chi connectivity index (χ2n) is 6.23. The Labute approximate surface area is 142 Å². The van der Waals surface area contributed by atoms with Gasteiger partial charge in [0.2, 0.25) is 0 Å². The first-order chi connectivity index (χ1) is 11.7. The second-order valence-corrected chi connectivity index (χ2v) is 6.23. The maximum absolute atomic E-state index is 12.5. The van der Waals surface area contributed by atoms with Crippen LogP contribution < -0.4 is 5.32 Å². The SMILES string of the molecule is COCc1ccccc1CNC(=O)c1cc2c(cc1O)CCCC2. The first kappa shape index (κ1) is 16.5. The maximum Gasteiger partial charge on any atom is 0.255 e. The van der Waals surface area contributed by atoms with Gasteiger partial charge in [-0.25, -0.2) is 0 Å². The molecule has 4 heteroatoms. The molecule has 0 radical (unpaired) electrons. The van der Waals surface area contributed by atoms with Gasteiger partial charge in [-0.3, -0.25) is 4.79 Å². The molecule has 0 fully saturated rings. The number of fused-ring (bicyclic) bond motifs is 1. The Balaban J connectivity index is 1.74. The number of phenols is 1. The van der Waals surface area contributed by atoms with Gasteiger partial charge in [0, 0.05) is 13.7 Å². The van der Waals surface area contributed by atoms with Gasteiger partial charge >= 0.3 is 0 Å². The van der Waals surface area contributed by atoms with Gasteiger partial charge in [0.05, 0.1) is 12.2 Å². The highest BCUT2D eigenvalue weighted by Crippen LogP contribution is 2.28. The van der Waals surface area contributed by atoms with E-state index >= 15 is 0 Å². The molecule has 2 aromatic carbocycles. The highest BCUT2D eigenvalue weighted by molar-refractivity contribution is 5.97. The van der Waals surface area contributed by atoms with E-state index in [2.05, 4.69) is 5.32 Å². The van der Waals surface area contributed by atoms with Crippen molar-refractivity contribution in [2.24, 2.45) is 0 Å². The molecular weight excluding hydrogens is 302 g/mol. The van der Waals surface area contributed by atoms with Crippen LogP contribution in [0, 0.1) is 0 Å². The quantitative estimate of drug-likeness (QED) is 0.886. The van der Waals surface area contributed by atoms with Gasteiger partial charge in [-0.05, 0) is 60.1 Å². The molecule has 1 aliphatic carbocycles. The number of rotatable bonds is 5. The summed E-state index contributed by atoms with van der Waals surface area (Å²) < 4.78 is 5.19. The Hall–Kier alpha value is -2.33. The van der Waals surface area contributed by atoms with Gasteiger partial charge in [0.25, 0.3) is 5.91 Å². The lowest BCUT2D eigenvalue weighted by Gasteiger charge is -2.18. The van der Waals surface area contributed by atoms with Crippen molar-refractivity contribution < 1.29 is 14.6 Å². The summed E-state index contributed by atoms with van der Waals surface area (Å²) in [5, 5.41) is 13.1. The highest BCUT2D eigenvalue weighted by atomic mass is 16.5. The van der Waals surface area contributed by atoms with Crippen LogP contribution in [0.25, 0.3) is 0 Å². The number of amides is 1. The van der Waals surface area contributed by atoms with E-state index in [0.717, 1.165) is 36.8 Å². The lowest BCUT2D eigenvalue weighted by atomic mass is 9.90. The number of nitrogens with one attached hydrogen (secondary N) is 1. The van der Waals surface area contributed by atoms with Crippen molar-refractivity contribution in [2.75, 3.05) is 7.11 Å². The third kappa shape index (κ3) is 3.60. The average Bonchev–Trinajstić information content (AvgIpc) is 2.60. The molecule has 0 spiro atoms. The van der Waals surface area contributed by atoms with Gasteiger partial charge in [0.15, 0.2) is 0 Å². The Morgan fingerprint density at radius 2 is 1.79 bits per heavy atom. The number of aryl methyl sites for hydroxylation is 2. The molecule has 0 saturated carbocycles. The lowest BCUT2D eigenvalue weighted by Crippen LogP contribution is -2.24. The summed E-state index contributed by atoms with van der Waals surface area (Å²) in [7, 11) is 1.65. The zero-order valence-electron chi connectivity index (χ0n) is 14.0. The maximum atomic E-state index is 12.5. The number of carbonyl (C=O) groups is 1. The molecule has 0 aromatic heterocycles. The van der Waals surface area contributed by atoms with E-state index < -0.39 is 0 Å². The Bertz CT molecular complexity index is 740. The van der Waals surface area contributed by atoms with E-state index in [9.17, 15) is 9.90 Å². The molecule has 3 rings (SSSR count). The average molecular weight is 325 g/mol. The molecule has 126 valence electrons. The number of ether oxygens (including phenoxy) is 1. The number of benzene rings is 2. The fourth-order valence-electron chi connectivity index (χ4n) is 3.25. The Morgan fingerprint density at radius 1 is 1.12 bits per heavy atom. The minimum atomic E-state index is -0.243. The molecule has 0 aliphatic heterocycles. The van der Waals surface area contributed by atoms with E-state index in [4.69, 9.17) is 4.74 Å². The van der Waals surface area contributed by atoms with Crippen LogP contribution in [0.4, 0.5) is 0 Å². The zero-order valence-corrected chi connectivity index (χ0v) is 14.0. The van der Waals surface area contributed by atoms with E-state index in [1.807, 2.05) is 30.3 Å². The number of hydrogen-bond acceptors (Lipinski definition) is 3. The number of phenolic OH excluding ortho intramolecular Hbond substituents is 1. The summed E-state index contributed by atoms with van der Waals surface area (Å²) in [5.41, 5.74) is 4.78. The Morgan fingerprint density at radius 3 is 2.50 bits per heavy atom. The van der Waals surface area contributed by atoms with Crippen LogP contribution in [0.5, 0.6) is 5.75 Å². The van der Waals surface area contributed by atoms with Crippen molar-refractivity contribution in [1.82, 2.24) is 5.32 Å². The molecule has 0 atom stereocenters. The van der Waals surface area contributed by atoms with Crippen LogP contribution in [0.1, 0.15) is 45.5 Å². The van der Waals surface area contributed by atoms with Crippen LogP contribution in [0.3, 0.4) is 0 Å². The molecule has 0 unspecified atom stereocenters. The van der Waals surface area contributed by atoms with E-state index in [-0.39, 0.29) is 11.7 Å². The minimum absolute atomic E-state index is 0.0679. The normalized spacial score (nSPS) is 13.4. The molecule has 24 heavy (non-hydrogen) atoms.